The molecule has 0 aromatic heterocycles. The monoisotopic (exact) mass is 459 g/mol. The van der Waals surface area contributed by atoms with Gasteiger partial charge >= 0.3 is 0 Å². The SMILES string of the molecule is COc1ccccc1C1=NN(C(=O)CN2CCc3ccccc3C2)C(c2ccccc2Cl)C1. The summed E-state index contributed by atoms with van der Waals surface area (Å²) in [6.45, 7) is 1.95. The van der Waals surface area contributed by atoms with Crippen molar-refractivity contribution in [2.45, 2.75) is 25.4 Å². The minimum absolute atomic E-state index is 0.0239. The molecule has 0 saturated carbocycles. The zero-order valence-electron chi connectivity index (χ0n) is 18.6. The molecule has 2 aliphatic heterocycles. The third-order valence-electron chi connectivity index (χ3n) is 6.42. The molecule has 5 rings (SSSR count). The molecule has 0 aliphatic carbocycles. The van der Waals surface area contributed by atoms with Crippen molar-refractivity contribution in [1.29, 1.82) is 0 Å². The zero-order valence-corrected chi connectivity index (χ0v) is 19.3. The number of hydrogen-bond acceptors (Lipinski definition) is 4. The van der Waals surface area contributed by atoms with Gasteiger partial charge in [0, 0.05) is 30.1 Å². The molecule has 0 fully saturated rings. The number of ether oxygens (including phenoxy) is 1. The van der Waals surface area contributed by atoms with Gasteiger partial charge in [-0.2, -0.15) is 5.10 Å². The van der Waals surface area contributed by atoms with Gasteiger partial charge in [-0.25, -0.2) is 5.01 Å². The Balaban J connectivity index is 1.43. The quantitative estimate of drug-likeness (QED) is 0.534. The second-order valence-corrected chi connectivity index (χ2v) is 8.86. The van der Waals surface area contributed by atoms with E-state index in [0.29, 0.717) is 18.0 Å². The molecule has 1 atom stereocenters. The smallest absolute Gasteiger partial charge is 0.257 e. The molecule has 3 aromatic carbocycles. The first-order valence-corrected chi connectivity index (χ1v) is 11.6. The van der Waals surface area contributed by atoms with Gasteiger partial charge in [-0.15, -0.1) is 0 Å². The summed E-state index contributed by atoms with van der Waals surface area (Å²) < 4.78 is 5.55. The standard InChI is InChI=1S/C27H26ClN3O2/c1-33-26-13-7-5-11-22(26)24-16-25(21-10-4-6-12-23(21)28)31(29-24)27(32)18-30-15-14-19-8-2-3-9-20(19)17-30/h2-13,25H,14-18H2,1H3. The van der Waals surface area contributed by atoms with Crippen molar-refractivity contribution in [3.05, 3.63) is 100 Å². The van der Waals surface area contributed by atoms with E-state index in [1.807, 2.05) is 48.5 Å². The van der Waals surface area contributed by atoms with E-state index in [1.165, 1.54) is 11.1 Å². The number of rotatable bonds is 5. The number of methoxy groups -OCH3 is 1. The van der Waals surface area contributed by atoms with E-state index in [4.69, 9.17) is 21.4 Å². The first kappa shape index (κ1) is 21.7. The van der Waals surface area contributed by atoms with Gasteiger partial charge in [0.15, 0.2) is 0 Å². The second-order valence-electron chi connectivity index (χ2n) is 8.46. The minimum Gasteiger partial charge on any atom is -0.496 e. The fourth-order valence-corrected chi connectivity index (χ4v) is 4.99. The molecule has 0 bridgehead atoms. The lowest BCUT2D eigenvalue weighted by Gasteiger charge is -2.30. The maximum atomic E-state index is 13.6. The van der Waals surface area contributed by atoms with Crippen molar-refractivity contribution in [2.75, 3.05) is 20.2 Å². The Morgan fingerprint density at radius 1 is 1.03 bits per heavy atom. The predicted octanol–water partition coefficient (Wildman–Crippen LogP) is 5.08. The van der Waals surface area contributed by atoms with E-state index in [9.17, 15) is 4.79 Å². The van der Waals surface area contributed by atoms with Crippen LogP contribution in [0.15, 0.2) is 77.9 Å². The third kappa shape index (κ3) is 4.39. The summed E-state index contributed by atoms with van der Waals surface area (Å²) in [5, 5.41) is 7.08. The zero-order chi connectivity index (χ0) is 22.8. The lowest BCUT2D eigenvalue weighted by Crippen LogP contribution is -2.40. The fourth-order valence-electron chi connectivity index (χ4n) is 4.73. The lowest BCUT2D eigenvalue weighted by atomic mass is 9.97. The highest BCUT2D eigenvalue weighted by Gasteiger charge is 2.35. The highest BCUT2D eigenvalue weighted by atomic mass is 35.5. The maximum absolute atomic E-state index is 13.6. The molecule has 3 aromatic rings. The number of hydrazone groups is 1. The average Bonchev–Trinajstić information content (AvgIpc) is 3.29. The third-order valence-corrected chi connectivity index (χ3v) is 6.76. The van der Waals surface area contributed by atoms with Crippen LogP contribution in [-0.2, 0) is 17.8 Å². The van der Waals surface area contributed by atoms with Crippen LogP contribution in [0.1, 0.15) is 34.7 Å². The van der Waals surface area contributed by atoms with E-state index in [1.54, 1.807) is 12.1 Å². The van der Waals surface area contributed by atoms with Crippen molar-refractivity contribution in [3.8, 4) is 5.75 Å². The summed E-state index contributed by atoms with van der Waals surface area (Å²) in [5.41, 5.74) is 5.30. The molecule has 6 heteroatoms. The number of nitrogens with zero attached hydrogens (tertiary/aromatic N) is 3. The van der Waals surface area contributed by atoms with Crippen LogP contribution in [-0.4, -0.2) is 41.7 Å². The van der Waals surface area contributed by atoms with Crippen molar-refractivity contribution in [1.82, 2.24) is 9.91 Å². The maximum Gasteiger partial charge on any atom is 0.257 e. The Hall–Kier alpha value is -3.15. The Kier molecular flexibility index (Phi) is 6.16. The Bertz CT molecular complexity index is 1210. The van der Waals surface area contributed by atoms with Crippen LogP contribution < -0.4 is 4.74 Å². The predicted molar refractivity (Wildman–Crippen MR) is 131 cm³/mol. The number of amides is 1. The number of para-hydroxylation sites is 1. The molecule has 2 heterocycles. The Morgan fingerprint density at radius 2 is 1.76 bits per heavy atom. The number of fused-ring (bicyclic) bond motifs is 1. The molecule has 1 amide bonds. The number of carbonyl (C=O) groups excluding carboxylic acids is 1. The van der Waals surface area contributed by atoms with Gasteiger partial charge in [0.1, 0.15) is 5.75 Å². The summed E-state index contributed by atoms with van der Waals surface area (Å²) in [6, 6.07) is 23.7. The Labute approximate surface area is 199 Å². The van der Waals surface area contributed by atoms with Gasteiger partial charge in [0.25, 0.3) is 5.91 Å². The highest BCUT2D eigenvalue weighted by molar-refractivity contribution is 6.31. The van der Waals surface area contributed by atoms with Gasteiger partial charge in [0.05, 0.1) is 25.4 Å². The number of hydrogen-bond donors (Lipinski definition) is 0. The topological polar surface area (TPSA) is 45.1 Å². The molecule has 1 unspecified atom stereocenters. The summed E-state index contributed by atoms with van der Waals surface area (Å²) >= 11 is 6.55. The van der Waals surface area contributed by atoms with E-state index in [-0.39, 0.29) is 11.9 Å². The first-order valence-electron chi connectivity index (χ1n) is 11.2. The van der Waals surface area contributed by atoms with Crippen molar-refractivity contribution < 1.29 is 9.53 Å². The lowest BCUT2D eigenvalue weighted by molar-refractivity contribution is -0.134. The van der Waals surface area contributed by atoms with Crippen LogP contribution in [0.4, 0.5) is 0 Å². The number of halogens is 1. The van der Waals surface area contributed by atoms with Crippen LogP contribution in [0.25, 0.3) is 0 Å². The van der Waals surface area contributed by atoms with Crippen LogP contribution in [0.2, 0.25) is 5.02 Å². The molecule has 0 N–H and O–H groups in total. The van der Waals surface area contributed by atoms with Crippen molar-refractivity contribution >= 4 is 23.2 Å². The molecule has 168 valence electrons. The molecule has 5 nitrogen and oxygen atoms in total. The van der Waals surface area contributed by atoms with Gasteiger partial charge in [-0.05, 0) is 41.3 Å². The van der Waals surface area contributed by atoms with Gasteiger partial charge in [-0.3, -0.25) is 9.69 Å². The summed E-state index contributed by atoms with van der Waals surface area (Å²) in [5.74, 6) is 0.722. The van der Waals surface area contributed by atoms with Crippen molar-refractivity contribution in [3.63, 3.8) is 0 Å². The van der Waals surface area contributed by atoms with E-state index < -0.39 is 0 Å². The molecule has 2 aliphatic rings. The van der Waals surface area contributed by atoms with Crippen LogP contribution in [0.5, 0.6) is 5.75 Å². The van der Waals surface area contributed by atoms with E-state index >= 15 is 0 Å². The van der Waals surface area contributed by atoms with E-state index in [0.717, 1.165) is 42.1 Å². The average molecular weight is 460 g/mol. The molecule has 0 spiro atoms. The first-order chi connectivity index (χ1) is 16.1. The second kappa shape index (κ2) is 9.38. The molecule has 0 radical (unpaired) electrons. The fraction of sp³-hybridized carbons (Fsp3) is 0.259. The van der Waals surface area contributed by atoms with Gasteiger partial charge in [-0.1, -0.05) is 66.2 Å². The number of carbonyl (C=O) groups is 1. The van der Waals surface area contributed by atoms with E-state index in [2.05, 4.69) is 29.2 Å². The molecule has 0 saturated heterocycles. The molecular weight excluding hydrogens is 434 g/mol. The summed E-state index contributed by atoms with van der Waals surface area (Å²) in [7, 11) is 1.65. The number of benzene rings is 3. The molecule has 33 heavy (non-hydrogen) atoms. The van der Waals surface area contributed by atoms with Gasteiger partial charge < -0.3 is 4.74 Å². The minimum atomic E-state index is -0.247. The van der Waals surface area contributed by atoms with Crippen LogP contribution in [0.3, 0.4) is 0 Å². The summed E-state index contributed by atoms with van der Waals surface area (Å²) in [4.78, 5) is 15.8. The summed E-state index contributed by atoms with van der Waals surface area (Å²) in [6.07, 6.45) is 1.53. The van der Waals surface area contributed by atoms with Gasteiger partial charge in [0.2, 0.25) is 0 Å². The van der Waals surface area contributed by atoms with Crippen molar-refractivity contribution in [2.24, 2.45) is 5.10 Å². The Morgan fingerprint density at radius 3 is 2.58 bits per heavy atom. The van der Waals surface area contributed by atoms with Crippen LogP contribution in [0, 0.1) is 0 Å². The van der Waals surface area contributed by atoms with Crippen LogP contribution >= 0.6 is 11.6 Å². The largest absolute Gasteiger partial charge is 0.496 e. The highest BCUT2D eigenvalue weighted by Crippen LogP contribution is 2.38. The molecular formula is C27H26ClN3O2. The normalized spacial score (nSPS) is 18.1.